The van der Waals surface area contributed by atoms with E-state index in [1.165, 1.54) is 7.05 Å². The molecule has 0 atom stereocenters. The second kappa shape index (κ2) is 6.01. The quantitative estimate of drug-likeness (QED) is 0.873. The highest BCUT2D eigenvalue weighted by Gasteiger charge is 2.31. The molecule has 8 heteroatoms. The first-order valence-electron chi connectivity index (χ1n) is 5.45. The molecule has 3 nitrogen and oxygen atoms in total. The highest BCUT2D eigenvalue weighted by molar-refractivity contribution is 9.10. The summed E-state index contributed by atoms with van der Waals surface area (Å²) >= 11 is 4.32. The van der Waals surface area contributed by atoms with E-state index in [9.17, 15) is 13.2 Å². The predicted octanol–water partition coefficient (Wildman–Crippen LogP) is 4.45. The number of hydrogen-bond donors (Lipinski definition) is 1. The second-order valence-electron chi connectivity index (χ2n) is 3.74. The number of pyridine rings is 2. The van der Waals surface area contributed by atoms with Gasteiger partial charge in [0.15, 0.2) is 0 Å². The molecule has 0 saturated heterocycles. The van der Waals surface area contributed by atoms with Crippen LogP contribution in [0, 0.1) is 0 Å². The zero-order valence-corrected chi connectivity index (χ0v) is 12.6. The van der Waals surface area contributed by atoms with E-state index in [-0.39, 0.29) is 10.8 Å². The molecule has 106 valence electrons. The van der Waals surface area contributed by atoms with E-state index in [1.54, 1.807) is 18.3 Å². The Morgan fingerprint density at radius 1 is 1.20 bits per heavy atom. The van der Waals surface area contributed by atoms with Gasteiger partial charge in [0.2, 0.25) is 0 Å². The van der Waals surface area contributed by atoms with Gasteiger partial charge in [-0.25, -0.2) is 9.97 Å². The van der Waals surface area contributed by atoms with Crippen molar-refractivity contribution in [2.45, 2.75) is 16.2 Å². The van der Waals surface area contributed by atoms with Crippen molar-refractivity contribution in [2.24, 2.45) is 0 Å². The van der Waals surface area contributed by atoms with Crippen molar-refractivity contribution in [3.63, 3.8) is 0 Å². The summed E-state index contributed by atoms with van der Waals surface area (Å²) in [4.78, 5) is 8.18. The van der Waals surface area contributed by atoms with Crippen molar-refractivity contribution >= 4 is 33.5 Å². The van der Waals surface area contributed by atoms with Crippen LogP contribution in [0.2, 0.25) is 0 Å². The third kappa shape index (κ3) is 3.86. The first kappa shape index (κ1) is 15.1. The summed E-state index contributed by atoms with van der Waals surface area (Å²) in [5, 5.41) is 3.43. The normalized spacial score (nSPS) is 11.4. The molecule has 0 fully saturated rings. The van der Waals surface area contributed by atoms with Crippen LogP contribution in [-0.4, -0.2) is 17.0 Å². The molecule has 0 spiro atoms. The lowest BCUT2D eigenvalue weighted by Gasteiger charge is -2.10. The van der Waals surface area contributed by atoms with E-state index >= 15 is 0 Å². The molecule has 2 aromatic rings. The topological polar surface area (TPSA) is 37.8 Å². The molecule has 2 rings (SSSR count). The molecule has 0 radical (unpaired) electrons. The standard InChI is InChI=1S/C12H9BrF3N3S/c1-17-9-4-7(12(14,15)16)5-11(19-9)20-10-3-2-8(13)6-18-10/h2-6H,1H3,(H,17,19). The number of rotatable bonds is 3. The van der Waals surface area contributed by atoms with Crippen LogP contribution in [0.1, 0.15) is 5.56 Å². The van der Waals surface area contributed by atoms with Gasteiger partial charge in [-0.1, -0.05) is 11.8 Å². The van der Waals surface area contributed by atoms with E-state index in [0.29, 0.717) is 5.03 Å². The van der Waals surface area contributed by atoms with Crippen LogP contribution >= 0.6 is 27.7 Å². The summed E-state index contributed by atoms with van der Waals surface area (Å²) < 4.78 is 39.2. The van der Waals surface area contributed by atoms with Crippen molar-refractivity contribution < 1.29 is 13.2 Å². The van der Waals surface area contributed by atoms with Crippen LogP contribution < -0.4 is 5.32 Å². The third-order valence-electron chi connectivity index (χ3n) is 2.29. The maximum atomic E-state index is 12.8. The molecule has 0 amide bonds. The van der Waals surface area contributed by atoms with E-state index in [1.807, 2.05) is 0 Å². The fourth-order valence-electron chi connectivity index (χ4n) is 1.38. The summed E-state index contributed by atoms with van der Waals surface area (Å²) in [7, 11) is 1.52. The molecule has 20 heavy (non-hydrogen) atoms. The molecular formula is C12H9BrF3N3S. The summed E-state index contributed by atoms with van der Waals surface area (Å²) in [6, 6.07) is 5.45. The lowest BCUT2D eigenvalue weighted by Crippen LogP contribution is -2.07. The molecule has 0 aliphatic heterocycles. The number of hydrogen-bond acceptors (Lipinski definition) is 4. The molecule has 0 unspecified atom stereocenters. The van der Waals surface area contributed by atoms with Gasteiger partial charge in [0.25, 0.3) is 0 Å². The number of nitrogens with one attached hydrogen (secondary N) is 1. The molecule has 2 heterocycles. The minimum atomic E-state index is -4.41. The maximum absolute atomic E-state index is 12.8. The van der Waals surface area contributed by atoms with Crippen LogP contribution in [0.5, 0.6) is 0 Å². The summed E-state index contributed by atoms with van der Waals surface area (Å²) in [6.45, 7) is 0. The smallest absolute Gasteiger partial charge is 0.373 e. The first-order chi connectivity index (χ1) is 9.38. The number of anilines is 1. The fourth-order valence-corrected chi connectivity index (χ4v) is 2.40. The molecule has 0 bridgehead atoms. The summed E-state index contributed by atoms with van der Waals surface area (Å²) in [5.41, 5.74) is -0.739. The van der Waals surface area contributed by atoms with Crippen LogP contribution in [0.3, 0.4) is 0 Å². The van der Waals surface area contributed by atoms with Gasteiger partial charge in [0, 0.05) is 17.7 Å². The van der Waals surface area contributed by atoms with E-state index < -0.39 is 11.7 Å². The second-order valence-corrected chi connectivity index (χ2v) is 5.70. The number of alkyl halides is 3. The largest absolute Gasteiger partial charge is 0.416 e. The van der Waals surface area contributed by atoms with Gasteiger partial charge in [-0.15, -0.1) is 0 Å². The fraction of sp³-hybridized carbons (Fsp3) is 0.167. The zero-order valence-electron chi connectivity index (χ0n) is 10.2. The van der Waals surface area contributed by atoms with Crippen molar-refractivity contribution in [3.8, 4) is 0 Å². The Morgan fingerprint density at radius 3 is 2.50 bits per heavy atom. The predicted molar refractivity (Wildman–Crippen MR) is 74.8 cm³/mol. The van der Waals surface area contributed by atoms with E-state index in [2.05, 4.69) is 31.2 Å². The van der Waals surface area contributed by atoms with Crippen molar-refractivity contribution in [1.82, 2.24) is 9.97 Å². The van der Waals surface area contributed by atoms with Crippen LogP contribution in [0.4, 0.5) is 19.0 Å². The van der Waals surface area contributed by atoms with Gasteiger partial charge < -0.3 is 5.32 Å². The van der Waals surface area contributed by atoms with Gasteiger partial charge in [0.05, 0.1) is 5.56 Å². The monoisotopic (exact) mass is 363 g/mol. The molecule has 1 N–H and O–H groups in total. The average Bonchev–Trinajstić information content (AvgIpc) is 2.40. The van der Waals surface area contributed by atoms with Crippen molar-refractivity contribution in [3.05, 3.63) is 40.5 Å². The van der Waals surface area contributed by atoms with Gasteiger partial charge in [-0.05, 0) is 40.2 Å². The average molecular weight is 364 g/mol. The third-order valence-corrected chi connectivity index (χ3v) is 3.63. The molecular weight excluding hydrogens is 355 g/mol. The number of halogens is 4. The molecule has 0 aliphatic rings. The van der Waals surface area contributed by atoms with Crippen LogP contribution in [-0.2, 0) is 6.18 Å². The number of aromatic nitrogens is 2. The van der Waals surface area contributed by atoms with Gasteiger partial charge in [-0.2, -0.15) is 13.2 Å². The van der Waals surface area contributed by atoms with Gasteiger partial charge in [-0.3, -0.25) is 0 Å². The number of nitrogens with zero attached hydrogens (tertiary/aromatic N) is 2. The van der Waals surface area contributed by atoms with E-state index in [4.69, 9.17) is 0 Å². The Morgan fingerprint density at radius 2 is 1.95 bits per heavy atom. The molecule has 0 aromatic carbocycles. The Kier molecular flexibility index (Phi) is 4.54. The minimum absolute atomic E-state index is 0.166. The minimum Gasteiger partial charge on any atom is -0.373 e. The summed E-state index contributed by atoms with van der Waals surface area (Å²) in [6.07, 6.45) is -2.83. The van der Waals surface area contributed by atoms with Crippen LogP contribution in [0.15, 0.2) is 45.0 Å². The highest BCUT2D eigenvalue weighted by atomic mass is 79.9. The molecule has 2 aromatic heterocycles. The van der Waals surface area contributed by atoms with Gasteiger partial charge >= 0.3 is 6.18 Å². The Hall–Kier alpha value is -1.28. The van der Waals surface area contributed by atoms with Crippen LogP contribution in [0.25, 0.3) is 0 Å². The SMILES string of the molecule is CNc1cc(C(F)(F)F)cc(Sc2ccc(Br)cn2)n1. The summed E-state index contributed by atoms with van der Waals surface area (Å²) in [5.74, 6) is 0.166. The lowest BCUT2D eigenvalue weighted by atomic mass is 10.2. The molecule has 0 aliphatic carbocycles. The Labute approximate surface area is 126 Å². The Bertz CT molecular complexity index is 602. The molecule has 0 saturated carbocycles. The lowest BCUT2D eigenvalue weighted by molar-refractivity contribution is -0.137. The van der Waals surface area contributed by atoms with E-state index in [0.717, 1.165) is 28.4 Å². The first-order valence-corrected chi connectivity index (χ1v) is 7.06. The van der Waals surface area contributed by atoms with Gasteiger partial charge in [0.1, 0.15) is 15.9 Å². The van der Waals surface area contributed by atoms with Crippen molar-refractivity contribution in [2.75, 3.05) is 12.4 Å². The Balaban J connectivity index is 2.33. The maximum Gasteiger partial charge on any atom is 0.416 e. The zero-order chi connectivity index (χ0) is 14.8. The van der Waals surface area contributed by atoms with Crippen molar-refractivity contribution in [1.29, 1.82) is 0 Å². The highest BCUT2D eigenvalue weighted by Crippen LogP contribution is 2.34.